The number of primary amides is 1. The lowest BCUT2D eigenvalue weighted by molar-refractivity contribution is -0.118. The zero-order chi connectivity index (χ0) is 10.7. The van der Waals surface area contributed by atoms with Gasteiger partial charge in [0.15, 0.2) is 0 Å². The van der Waals surface area contributed by atoms with E-state index in [0.717, 1.165) is 18.2 Å². The molecule has 0 aliphatic rings. The van der Waals surface area contributed by atoms with Gasteiger partial charge >= 0.3 is 0 Å². The van der Waals surface area contributed by atoms with Crippen LogP contribution in [0.4, 0.5) is 14.5 Å². The Morgan fingerprint density at radius 3 is 2.29 bits per heavy atom. The molecule has 3 nitrogen and oxygen atoms in total. The predicted molar refractivity (Wildman–Crippen MR) is 48.6 cm³/mol. The first kappa shape index (κ1) is 10.4. The van der Waals surface area contributed by atoms with Gasteiger partial charge in [0.25, 0.3) is 0 Å². The van der Waals surface area contributed by atoms with Crippen LogP contribution in [0.1, 0.15) is 6.92 Å². The van der Waals surface area contributed by atoms with Crippen LogP contribution in [0.5, 0.6) is 0 Å². The molecule has 0 aliphatic heterocycles. The van der Waals surface area contributed by atoms with Crippen molar-refractivity contribution in [3.63, 3.8) is 0 Å². The van der Waals surface area contributed by atoms with Crippen molar-refractivity contribution in [1.82, 2.24) is 0 Å². The average molecular weight is 200 g/mol. The minimum Gasteiger partial charge on any atom is -0.374 e. The molecule has 0 spiro atoms. The average Bonchev–Trinajstić information content (AvgIpc) is 2.01. The van der Waals surface area contributed by atoms with E-state index in [-0.39, 0.29) is 5.69 Å². The summed E-state index contributed by atoms with van der Waals surface area (Å²) in [6.07, 6.45) is 0. The lowest BCUT2D eigenvalue weighted by Gasteiger charge is -2.11. The zero-order valence-corrected chi connectivity index (χ0v) is 7.55. The van der Waals surface area contributed by atoms with Crippen LogP contribution in [-0.2, 0) is 4.79 Å². The highest BCUT2D eigenvalue weighted by Crippen LogP contribution is 2.13. The summed E-state index contributed by atoms with van der Waals surface area (Å²) in [4.78, 5) is 10.6. The summed E-state index contributed by atoms with van der Waals surface area (Å²) < 4.78 is 25.4. The molecule has 0 heterocycles. The number of rotatable bonds is 3. The summed E-state index contributed by atoms with van der Waals surface area (Å²) >= 11 is 0. The third kappa shape index (κ3) is 2.69. The second-order valence-electron chi connectivity index (χ2n) is 2.93. The lowest BCUT2D eigenvalue weighted by atomic mass is 10.2. The smallest absolute Gasteiger partial charge is 0.239 e. The quantitative estimate of drug-likeness (QED) is 0.771. The topological polar surface area (TPSA) is 55.1 Å². The van der Waals surface area contributed by atoms with Crippen LogP contribution in [0.2, 0.25) is 0 Å². The van der Waals surface area contributed by atoms with E-state index < -0.39 is 23.6 Å². The van der Waals surface area contributed by atoms with E-state index in [9.17, 15) is 13.6 Å². The Labute approximate surface area is 79.9 Å². The maximum Gasteiger partial charge on any atom is 0.239 e. The molecular formula is C9H10F2N2O. The largest absolute Gasteiger partial charge is 0.374 e. The summed E-state index contributed by atoms with van der Waals surface area (Å²) in [5.74, 6) is -2.00. The van der Waals surface area contributed by atoms with Gasteiger partial charge in [0.1, 0.15) is 17.7 Å². The van der Waals surface area contributed by atoms with Gasteiger partial charge in [-0.15, -0.1) is 0 Å². The van der Waals surface area contributed by atoms with Crippen LogP contribution in [0.15, 0.2) is 18.2 Å². The highest BCUT2D eigenvalue weighted by Gasteiger charge is 2.09. The van der Waals surface area contributed by atoms with Crippen molar-refractivity contribution in [3.8, 4) is 0 Å². The minimum atomic E-state index is -0.704. The molecule has 76 valence electrons. The van der Waals surface area contributed by atoms with Gasteiger partial charge in [0, 0.05) is 11.8 Å². The molecule has 0 aliphatic carbocycles. The molecule has 1 aromatic carbocycles. The van der Waals surface area contributed by atoms with Gasteiger partial charge in [-0.3, -0.25) is 4.79 Å². The van der Waals surface area contributed by atoms with Gasteiger partial charge in [0.05, 0.1) is 0 Å². The third-order valence-corrected chi connectivity index (χ3v) is 1.67. The number of carbonyl (C=O) groups is 1. The van der Waals surface area contributed by atoms with E-state index in [4.69, 9.17) is 5.73 Å². The van der Waals surface area contributed by atoms with Crippen molar-refractivity contribution >= 4 is 11.6 Å². The van der Waals surface area contributed by atoms with E-state index in [1.807, 2.05) is 0 Å². The first-order chi connectivity index (χ1) is 6.49. The molecule has 0 bridgehead atoms. The fraction of sp³-hybridized carbons (Fsp3) is 0.222. The highest BCUT2D eigenvalue weighted by atomic mass is 19.1. The molecule has 0 saturated heterocycles. The number of hydrogen-bond acceptors (Lipinski definition) is 2. The summed E-state index contributed by atoms with van der Waals surface area (Å²) in [5, 5.41) is 2.57. The Balaban J connectivity index is 2.81. The number of benzene rings is 1. The fourth-order valence-electron chi connectivity index (χ4n) is 0.958. The van der Waals surface area contributed by atoms with Crippen molar-refractivity contribution in [2.24, 2.45) is 5.73 Å². The molecule has 1 unspecified atom stereocenters. The molecular weight excluding hydrogens is 190 g/mol. The molecule has 0 saturated carbocycles. The number of carbonyl (C=O) groups excluding carboxylic acids is 1. The molecule has 3 N–H and O–H groups in total. The third-order valence-electron chi connectivity index (χ3n) is 1.67. The Hall–Kier alpha value is -1.65. The second kappa shape index (κ2) is 4.04. The van der Waals surface area contributed by atoms with Gasteiger partial charge in [-0.1, -0.05) is 0 Å². The highest BCUT2D eigenvalue weighted by molar-refractivity contribution is 5.82. The van der Waals surface area contributed by atoms with Crippen molar-refractivity contribution in [2.75, 3.05) is 5.32 Å². The molecule has 0 radical (unpaired) electrons. The van der Waals surface area contributed by atoms with E-state index in [1.54, 1.807) is 0 Å². The first-order valence-corrected chi connectivity index (χ1v) is 4.01. The molecule has 1 rings (SSSR count). The maximum atomic E-state index is 12.7. The van der Waals surface area contributed by atoms with Crippen LogP contribution in [0.25, 0.3) is 0 Å². The van der Waals surface area contributed by atoms with E-state index in [0.29, 0.717) is 0 Å². The summed E-state index contributed by atoms with van der Waals surface area (Å²) in [5.41, 5.74) is 5.16. The first-order valence-electron chi connectivity index (χ1n) is 4.01. The Morgan fingerprint density at radius 2 is 1.86 bits per heavy atom. The van der Waals surface area contributed by atoms with Crippen LogP contribution in [0, 0.1) is 11.6 Å². The van der Waals surface area contributed by atoms with Crippen LogP contribution >= 0.6 is 0 Å². The number of amides is 1. The molecule has 1 aromatic rings. The van der Waals surface area contributed by atoms with Crippen molar-refractivity contribution in [2.45, 2.75) is 13.0 Å². The summed E-state index contributed by atoms with van der Waals surface area (Å²) in [7, 11) is 0. The van der Waals surface area contributed by atoms with Gasteiger partial charge in [-0.25, -0.2) is 8.78 Å². The van der Waals surface area contributed by atoms with Crippen LogP contribution < -0.4 is 11.1 Å². The summed E-state index contributed by atoms with van der Waals surface area (Å²) in [6, 6.07) is 2.25. The number of halogens is 2. The van der Waals surface area contributed by atoms with Crippen LogP contribution in [0.3, 0.4) is 0 Å². The van der Waals surface area contributed by atoms with E-state index >= 15 is 0 Å². The number of nitrogens with two attached hydrogens (primary N) is 1. The molecule has 5 heteroatoms. The van der Waals surface area contributed by atoms with Crippen molar-refractivity contribution in [3.05, 3.63) is 29.8 Å². The molecule has 1 amide bonds. The molecule has 0 fully saturated rings. The molecule has 14 heavy (non-hydrogen) atoms. The van der Waals surface area contributed by atoms with Crippen molar-refractivity contribution in [1.29, 1.82) is 0 Å². The van der Waals surface area contributed by atoms with Crippen LogP contribution in [-0.4, -0.2) is 11.9 Å². The van der Waals surface area contributed by atoms with Gasteiger partial charge in [0.2, 0.25) is 5.91 Å². The Kier molecular flexibility index (Phi) is 3.01. The van der Waals surface area contributed by atoms with Gasteiger partial charge in [-0.05, 0) is 19.1 Å². The number of hydrogen-bond donors (Lipinski definition) is 2. The van der Waals surface area contributed by atoms with Crippen molar-refractivity contribution < 1.29 is 13.6 Å². The lowest BCUT2D eigenvalue weighted by Crippen LogP contribution is -2.32. The van der Waals surface area contributed by atoms with E-state index in [2.05, 4.69) is 5.32 Å². The number of anilines is 1. The normalized spacial score (nSPS) is 12.2. The Bertz CT molecular complexity index is 334. The van der Waals surface area contributed by atoms with E-state index in [1.165, 1.54) is 6.92 Å². The summed E-state index contributed by atoms with van der Waals surface area (Å²) in [6.45, 7) is 1.51. The van der Waals surface area contributed by atoms with Gasteiger partial charge < -0.3 is 11.1 Å². The standard InChI is InChI=1S/C9H10F2N2O/c1-5(9(12)14)13-8-3-6(10)2-7(11)4-8/h2-5,13H,1H3,(H2,12,14). The zero-order valence-electron chi connectivity index (χ0n) is 7.55. The molecule has 1 atom stereocenters. The maximum absolute atomic E-state index is 12.7. The monoisotopic (exact) mass is 200 g/mol. The number of nitrogens with one attached hydrogen (secondary N) is 1. The minimum absolute atomic E-state index is 0.189. The molecule has 0 aromatic heterocycles. The van der Waals surface area contributed by atoms with Gasteiger partial charge in [-0.2, -0.15) is 0 Å². The second-order valence-corrected chi connectivity index (χ2v) is 2.93. The Morgan fingerprint density at radius 1 is 1.36 bits per heavy atom. The predicted octanol–water partition coefficient (Wildman–Crippen LogP) is 1.25. The SMILES string of the molecule is CC(Nc1cc(F)cc(F)c1)C(N)=O. The fourth-order valence-corrected chi connectivity index (χ4v) is 0.958.